The summed E-state index contributed by atoms with van der Waals surface area (Å²) in [5.74, 6) is 1.09. The molecule has 47 heavy (non-hydrogen) atoms. The van der Waals surface area contributed by atoms with Gasteiger partial charge < -0.3 is 9.84 Å². The zero-order valence-electron chi connectivity index (χ0n) is 31.2. The maximum Gasteiger partial charge on any atom is 0.305 e. The molecule has 0 aliphatic carbocycles. The highest BCUT2D eigenvalue weighted by Gasteiger charge is 2.17. The number of carbonyl (C=O) groups is 1. The normalized spacial score (nSPS) is 11.8. The van der Waals surface area contributed by atoms with Crippen LogP contribution in [0.1, 0.15) is 199 Å². The summed E-state index contributed by atoms with van der Waals surface area (Å²) in [6.07, 6.45) is 47.1. The molecular formula is C42H77N2O3+. The van der Waals surface area contributed by atoms with E-state index in [1.165, 1.54) is 154 Å². The van der Waals surface area contributed by atoms with Crippen LogP contribution in [0.15, 0.2) is 30.5 Å². The van der Waals surface area contributed by atoms with E-state index in [1.807, 2.05) is 6.20 Å². The Kier molecular flexibility index (Phi) is 31.2. The average Bonchev–Trinajstić information content (AvgIpc) is 3.45. The summed E-state index contributed by atoms with van der Waals surface area (Å²) in [5.41, 5.74) is 1.11. The number of aliphatic hydroxyl groups is 1. The third kappa shape index (κ3) is 26.7. The van der Waals surface area contributed by atoms with Crippen molar-refractivity contribution in [2.75, 3.05) is 13.2 Å². The highest BCUT2D eigenvalue weighted by molar-refractivity contribution is 5.69. The van der Waals surface area contributed by atoms with Gasteiger partial charge in [-0.15, -0.1) is 0 Å². The fourth-order valence-electron chi connectivity index (χ4n) is 6.33. The molecule has 0 bridgehead atoms. The summed E-state index contributed by atoms with van der Waals surface area (Å²) in [6, 6.07) is 0. The summed E-state index contributed by atoms with van der Waals surface area (Å²) in [4.78, 5) is 15.7. The van der Waals surface area contributed by atoms with E-state index in [1.54, 1.807) is 0 Å². The molecule has 1 aromatic heterocycles. The van der Waals surface area contributed by atoms with Crippen molar-refractivity contribution in [3.05, 3.63) is 42.0 Å². The number of nitrogens with one attached hydrogen (secondary N) is 1. The molecule has 5 nitrogen and oxygen atoms in total. The van der Waals surface area contributed by atoms with Gasteiger partial charge in [-0.1, -0.05) is 141 Å². The second-order valence-electron chi connectivity index (χ2n) is 13.7. The number of carbonyl (C=O) groups excluding carboxylic acids is 1. The molecule has 272 valence electrons. The molecule has 0 amide bonds. The summed E-state index contributed by atoms with van der Waals surface area (Å²) in [5, 5.41) is 9.64. The lowest BCUT2D eigenvalue weighted by molar-refractivity contribution is -0.711. The van der Waals surface area contributed by atoms with E-state index in [2.05, 4.69) is 47.7 Å². The zero-order valence-corrected chi connectivity index (χ0v) is 31.2. The lowest BCUT2D eigenvalue weighted by atomic mass is 10.1. The van der Waals surface area contributed by atoms with Gasteiger partial charge in [-0.05, 0) is 64.2 Å². The van der Waals surface area contributed by atoms with Crippen LogP contribution in [-0.2, 0) is 28.9 Å². The first-order chi connectivity index (χ1) is 23.2. The van der Waals surface area contributed by atoms with Gasteiger partial charge >= 0.3 is 5.97 Å². The number of hydrogen-bond acceptors (Lipinski definition) is 3. The summed E-state index contributed by atoms with van der Waals surface area (Å²) < 4.78 is 7.74. The minimum Gasteiger partial charge on any atom is -0.465 e. The molecule has 0 aliphatic heterocycles. The second-order valence-corrected chi connectivity index (χ2v) is 13.7. The molecule has 1 rings (SSSR count). The van der Waals surface area contributed by atoms with Gasteiger partial charge in [0, 0.05) is 19.3 Å². The Labute approximate surface area is 291 Å². The molecule has 0 radical (unpaired) electrons. The van der Waals surface area contributed by atoms with Crippen molar-refractivity contribution in [2.24, 2.45) is 0 Å². The van der Waals surface area contributed by atoms with E-state index in [0.717, 1.165) is 31.4 Å². The predicted octanol–water partition coefficient (Wildman–Crippen LogP) is 11.6. The molecule has 0 atom stereocenters. The van der Waals surface area contributed by atoms with Crippen LogP contribution in [0.4, 0.5) is 0 Å². The van der Waals surface area contributed by atoms with Crippen molar-refractivity contribution in [3.8, 4) is 0 Å². The van der Waals surface area contributed by atoms with Gasteiger partial charge in [0.15, 0.2) is 0 Å². The number of aryl methyl sites for hydroxylation is 1. The number of H-pyrrole nitrogens is 1. The van der Waals surface area contributed by atoms with Gasteiger partial charge in [0.25, 0.3) is 5.82 Å². The largest absolute Gasteiger partial charge is 0.465 e. The van der Waals surface area contributed by atoms with Gasteiger partial charge in [0.2, 0.25) is 0 Å². The topological polar surface area (TPSA) is 66.2 Å². The Bertz CT molecular complexity index is 875. The molecular weight excluding hydrogens is 580 g/mol. The van der Waals surface area contributed by atoms with Crippen LogP contribution in [0.25, 0.3) is 0 Å². The van der Waals surface area contributed by atoms with E-state index >= 15 is 0 Å². The lowest BCUT2D eigenvalue weighted by Gasteiger charge is -2.06. The predicted molar refractivity (Wildman–Crippen MR) is 201 cm³/mol. The van der Waals surface area contributed by atoms with Crippen molar-refractivity contribution >= 4 is 5.97 Å². The quantitative estimate of drug-likeness (QED) is 0.0330. The summed E-state index contributed by atoms with van der Waals surface area (Å²) in [7, 11) is 0. The van der Waals surface area contributed by atoms with Gasteiger partial charge in [0.05, 0.1) is 13.2 Å². The smallest absolute Gasteiger partial charge is 0.305 e. The average molecular weight is 658 g/mol. The van der Waals surface area contributed by atoms with Crippen LogP contribution in [0.2, 0.25) is 0 Å². The van der Waals surface area contributed by atoms with Gasteiger partial charge in [-0.2, -0.15) is 0 Å². The standard InChI is InChI=1S/C42H76N2O3/c1-3-5-7-9-11-13-15-17-19-21-23-25-27-29-31-33-41-43-39-40(44(41)36-37-45)35-38-47-42(46)34-32-30-28-26-24-22-20-18-16-14-12-10-8-6-4-2/h17-20,39,45H,3-16,21-38H2,1-2H3/p+1/b19-17-,20-18-. The van der Waals surface area contributed by atoms with Crippen molar-refractivity contribution in [1.29, 1.82) is 0 Å². The van der Waals surface area contributed by atoms with Gasteiger partial charge in [-0.25, -0.2) is 9.55 Å². The summed E-state index contributed by atoms with van der Waals surface area (Å²) >= 11 is 0. The third-order valence-corrected chi connectivity index (χ3v) is 9.34. The Morgan fingerprint density at radius 1 is 0.638 bits per heavy atom. The van der Waals surface area contributed by atoms with Crippen molar-refractivity contribution in [1.82, 2.24) is 4.98 Å². The van der Waals surface area contributed by atoms with Crippen LogP contribution in [0.3, 0.4) is 0 Å². The Hall–Kier alpha value is -1.88. The number of aromatic nitrogens is 2. The van der Waals surface area contributed by atoms with Crippen LogP contribution in [0, 0.1) is 0 Å². The Morgan fingerprint density at radius 3 is 1.57 bits per heavy atom. The van der Waals surface area contributed by atoms with Crippen LogP contribution < -0.4 is 4.57 Å². The minimum atomic E-state index is -0.0830. The third-order valence-electron chi connectivity index (χ3n) is 9.34. The zero-order chi connectivity index (χ0) is 33.9. The number of allylic oxidation sites excluding steroid dienone is 4. The van der Waals surface area contributed by atoms with E-state index in [9.17, 15) is 9.90 Å². The molecule has 0 unspecified atom stereocenters. The first-order valence-electron chi connectivity index (χ1n) is 20.4. The molecule has 5 heteroatoms. The molecule has 1 heterocycles. The second kappa shape index (κ2) is 34.0. The molecule has 0 aliphatic rings. The first kappa shape index (κ1) is 43.1. The highest BCUT2D eigenvalue weighted by Crippen LogP contribution is 2.12. The molecule has 2 N–H and O–H groups in total. The van der Waals surface area contributed by atoms with Gasteiger partial charge in [-0.3, -0.25) is 4.79 Å². The highest BCUT2D eigenvalue weighted by atomic mass is 16.5. The monoisotopic (exact) mass is 658 g/mol. The van der Waals surface area contributed by atoms with E-state index in [0.29, 0.717) is 26.0 Å². The van der Waals surface area contributed by atoms with Crippen LogP contribution >= 0.6 is 0 Å². The Morgan fingerprint density at radius 2 is 1.09 bits per heavy atom. The number of rotatable bonds is 35. The van der Waals surface area contributed by atoms with Gasteiger partial charge in [0.1, 0.15) is 18.4 Å². The maximum absolute atomic E-state index is 12.3. The number of ether oxygens (including phenoxy) is 1. The SMILES string of the molecule is CCCCCCCC/C=C\CCCCCCCC(=O)OCCc1c[nH]c(CCCCCCC/C=C\CCCCCCCC)[n+]1CCO. The van der Waals surface area contributed by atoms with Crippen LogP contribution in [0.5, 0.6) is 0 Å². The molecule has 0 aromatic carbocycles. The fourth-order valence-corrected chi connectivity index (χ4v) is 6.33. The number of unbranched alkanes of at least 4 members (excludes halogenated alkanes) is 22. The number of aromatic amines is 1. The summed E-state index contributed by atoms with van der Waals surface area (Å²) in [6.45, 7) is 5.65. The van der Waals surface area contributed by atoms with E-state index in [-0.39, 0.29) is 12.6 Å². The number of esters is 1. The number of aliphatic hydroxyl groups excluding tert-OH is 1. The number of nitrogens with zero attached hydrogens (tertiary/aromatic N) is 1. The minimum absolute atomic E-state index is 0.0830. The molecule has 0 fully saturated rings. The fraction of sp³-hybridized carbons (Fsp3) is 0.810. The number of hydrogen-bond donors (Lipinski definition) is 2. The molecule has 1 aromatic rings. The van der Waals surface area contributed by atoms with Crippen molar-refractivity contribution in [2.45, 2.75) is 207 Å². The Balaban J connectivity index is 2.05. The lowest BCUT2D eigenvalue weighted by Crippen LogP contribution is -2.42. The van der Waals surface area contributed by atoms with E-state index < -0.39 is 0 Å². The van der Waals surface area contributed by atoms with Crippen molar-refractivity contribution in [3.63, 3.8) is 0 Å². The molecule has 0 spiro atoms. The molecule has 0 saturated heterocycles. The molecule has 0 saturated carbocycles. The van der Waals surface area contributed by atoms with E-state index in [4.69, 9.17) is 4.74 Å². The van der Waals surface area contributed by atoms with Crippen molar-refractivity contribution < 1.29 is 19.2 Å². The maximum atomic E-state index is 12.3. The number of imidazole rings is 1. The van der Waals surface area contributed by atoms with Crippen LogP contribution in [-0.4, -0.2) is 29.3 Å². The first-order valence-corrected chi connectivity index (χ1v) is 20.4.